The van der Waals surface area contributed by atoms with Crippen LogP contribution in [0.4, 0.5) is 27.5 Å². The molecule has 5 rings (SSSR count). The molecule has 0 aliphatic heterocycles. The summed E-state index contributed by atoms with van der Waals surface area (Å²) >= 11 is 0. The van der Waals surface area contributed by atoms with Crippen LogP contribution in [-0.2, 0) is 30.4 Å². The number of amides is 1. The number of benzene rings is 4. The van der Waals surface area contributed by atoms with Gasteiger partial charge in [0.2, 0.25) is 0 Å². The van der Waals surface area contributed by atoms with Crippen LogP contribution in [-0.4, -0.2) is 38.1 Å². The van der Waals surface area contributed by atoms with Gasteiger partial charge in [0.05, 0.1) is 26.4 Å². The van der Waals surface area contributed by atoms with Gasteiger partial charge in [-0.15, -0.1) is 0 Å². The van der Waals surface area contributed by atoms with Crippen LogP contribution in [0.2, 0.25) is 0 Å². The van der Waals surface area contributed by atoms with E-state index >= 15 is 0 Å². The first-order chi connectivity index (χ1) is 26.3. The van der Waals surface area contributed by atoms with E-state index in [2.05, 4.69) is 33.0 Å². The number of rotatable bonds is 13. The van der Waals surface area contributed by atoms with E-state index in [-0.39, 0.29) is 0 Å². The van der Waals surface area contributed by atoms with Crippen LogP contribution in [0.15, 0.2) is 48.5 Å². The molecular formula is C45H60N4O6. The summed E-state index contributed by atoms with van der Waals surface area (Å²) in [6.45, 7) is 16.0. The molecule has 0 radical (unpaired) electrons. The van der Waals surface area contributed by atoms with E-state index < -0.39 is 11.7 Å². The number of carbonyl (C=O) groups excluding carboxylic acids is 1. The lowest BCUT2D eigenvalue weighted by molar-refractivity contribution is 0.0636. The van der Waals surface area contributed by atoms with Crippen molar-refractivity contribution in [3.05, 3.63) is 93.0 Å². The fourth-order valence-corrected chi connectivity index (χ4v) is 7.02. The lowest BCUT2D eigenvalue weighted by Crippen LogP contribution is -2.27. The van der Waals surface area contributed by atoms with Gasteiger partial charge in [0, 0.05) is 92.9 Å². The molecule has 0 saturated carbocycles. The highest BCUT2D eigenvalue weighted by Gasteiger charge is 2.25. The van der Waals surface area contributed by atoms with Crippen molar-refractivity contribution in [1.82, 2.24) is 0 Å². The van der Waals surface area contributed by atoms with Gasteiger partial charge in [-0.2, -0.15) is 0 Å². The summed E-state index contributed by atoms with van der Waals surface area (Å²) in [4.78, 5) is 13.2. The Morgan fingerprint density at radius 2 is 0.764 bits per heavy atom. The molecule has 0 unspecified atom stereocenters. The summed E-state index contributed by atoms with van der Waals surface area (Å²) in [5.74, 6) is 3.04. The fraction of sp³-hybridized carbons (Fsp3) is 0.444. The van der Waals surface area contributed by atoms with Crippen molar-refractivity contribution in [3.63, 3.8) is 0 Å². The Kier molecular flexibility index (Phi) is 13.7. The number of anilines is 4. The van der Waals surface area contributed by atoms with Gasteiger partial charge in [-0.3, -0.25) is 5.32 Å². The molecule has 0 saturated heterocycles. The van der Waals surface area contributed by atoms with Crippen molar-refractivity contribution in [2.45, 2.75) is 105 Å². The third-order valence-electron chi connectivity index (χ3n) is 9.01. The smallest absolute Gasteiger partial charge is 0.412 e. The van der Waals surface area contributed by atoms with Gasteiger partial charge in [0.1, 0.15) is 28.6 Å². The number of fused-ring (bicyclic) bond motifs is 8. The Balaban J connectivity index is 1.85. The molecule has 8 bridgehead atoms. The topological polar surface area (TPSA) is 153 Å². The summed E-state index contributed by atoms with van der Waals surface area (Å²) in [5.41, 5.74) is 29.0. The molecule has 1 aliphatic carbocycles. The third-order valence-corrected chi connectivity index (χ3v) is 9.01. The predicted molar refractivity (Wildman–Crippen MR) is 223 cm³/mol. The van der Waals surface area contributed by atoms with Gasteiger partial charge in [-0.05, 0) is 95.0 Å². The Labute approximate surface area is 327 Å². The van der Waals surface area contributed by atoms with Crippen molar-refractivity contribution < 1.29 is 28.5 Å². The molecule has 1 amide bonds. The summed E-state index contributed by atoms with van der Waals surface area (Å²) in [7, 11) is 0. The van der Waals surface area contributed by atoms with Crippen molar-refractivity contribution in [2.75, 3.05) is 48.9 Å². The van der Waals surface area contributed by atoms with E-state index in [1.165, 1.54) is 0 Å². The first-order valence-corrected chi connectivity index (χ1v) is 19.7. The number of nitrogen functional groups attached to an aromatic ring is 3. The van der Waals surface area contributed by atoms with Gasteiger partial charge in [0.15, 0.2) is 0 Å². The molecule has 0 aromatic heterocycles. The SMILES string of the molecule is CCCOc1c2cc(N)cc1Cc1cc(N)cc(c1OCCC)Cc1cc(NC(=O)OC(C)(C)C)cc(c1OCCC)Cc1cc(N)cc(c1OCCC)C2. The Morgan fingerprint density at radius 3 is 1.00 bits per heavy atom. The van der Waals surface area contributed by atoms with Crippen LogP contribution < -0.4 is 41.5 Å². The van der Waals surface area contributed by atoms with Crippen LogP contribution in [0.5, 0.6) is 23.0 Å². The minimum atomic E-state index is -0.678. The molecular weight excluding hydrogens is 693 g/mol. The maximum Gasteiger partial charge on any atom is 0.412 e. The van der Waals surface area contributed by atoms with Crippen LogP contribution in [0, 0.1) is 0 Å². The molecule has 7 N–H and O–H groups in total. The molecule has 10 nitrogen and oxygen atoms in total. The molecule has 0 fully saturated rings. The molecule has 0 atom stereocenters. The maximum atomic E-state index is 13.2. The number of nitrogens with two attached hydrogens (primary N) is 3. The van der Waals surface area contributed by atoms with Gasteiger partial charge < -0.3 is 40.9 Å². The molecule has 55 heavy (non-hydrogen) atoms. The first-order valence-electron chi connectivity index (χ1n) is 19.7. The summed E-state index contributed by atoms with van der Waals surface area (Å²) < 4.78 is 32.1. The standard InChI is InChI=1S/C45H60N4O6/c1-8-12-51-40-28-16-30-22-37(47)24-32(41(30)52-13-9-2)18-34-26-39(49-44(50)55-45(5,6)7)27-35(43(34)54-15-11-4)19-33-25-38(48)23-31(42(33)53-14-10-3)17-29(40)21-36(46)20-28/h20-27H,8-19,46-48H2,1-7H3,(H,49,50). The highest BCUT2D eigenvalue weighted by atomic mass is 16.6. The van der Waals surface area contributed by atoms with E-state index in [1.54, 1.807) is 0 Å². The minimum Gasteiger partial charge on any atom is -0.493 e. The fourth-order valence-electron chi connectivity index (χ4n) is 7.02. The second-order valence-corrected chi connectivity index (χ2v) is 15.4. The summed E-state index contributed by atoms with van der Waals surface area (Å²) in [6.07, 6.45) is 4.52. The molecule has 0 spiro atoms. The number of nitrogens with one attached hydrogen (secondary N) is 1. The number of hydrogen-bond acceptors (Lipinski definition) is 9. The van der Waals surface area contributed by atoms with Crippen LogP contribution >= 0.6 is 0 Å². The summed E-state index contributed by atoms with van der Waals surface area (Å²) in [5, 5.41) is 3.00. The van der Waals surface area contributed by atoms with E-state index in [0.29, 0.717) is 74.9 Å². The average Bonchev–Trinajstić information content (AvgIpc) is 3.09. The van der Waals surface area contributed by atoms with Crippen molar-refractivity contribution >= 4 is 28.8 Å². The monoisotopic (exact) mass is 752 g/mol. The van der Waals surface area contributed by atoms with Gasteiger partial charge in [-0.25, -0.2) is 4.79 Å². The van der Waals surface area contributed by atoms with Gasteiger partial charge >= 0.3 is 6.09 Å². The molecule has 10 heteroatoms. The zero-order valence-corrected chi connectivity index (χ0v) is 33.8. The second kappa shape index (κ2) is 18.4. The molecule has 296 valence electrons. The van der Waals surface area contributed by atoms with Crippen molar-refractivity contribution in [3.8, 4) is 23.0 Å². The molecule has 4 aromatic rings. The molecule has 0 heterocycles. The number of carbonyl (C=O) groups is 1. The third kappa shape index (κ3) is 10.7. The van der Waals surface area contributed by atoms with Crippen LogP contribution in [0.3, 0.4) is 0 Å². The highest BCUT2D eigenvalue weighted by Crippen LogP contribution is 2.42. The Bertz CT molecular complexity index is 1860. The van der Waals surface area contributed by atoms with Crippen molar-refractivity contribution in [2.24, 2.45) is 0 Å². The first kappa shape index (κ1) is 40.9. The minimum absolute atomic E-state index is 0.412. The van der Waals surface area contributed by atoms with E-state index in [0.717, 1.165) is 93.2 Å². The number of ether oxygens (including phenoxy) is 5. The van der Waals surface area contributed by atoms with Gasteiger partial charge in [-0.1, -0.05) is 27.7 Å². The largest absolute Gasteiger partial charge is 0.493 e. The maximum absolute atomic E-state index is 13.2. The second-order valence-electron chi connectivity index (χ2n) is 15.4. The Morgan fingerprint density at radius 1 is 0.509 bits per heavy atom. The lowest BCUT2D eigenvalue weighted by Gasteiger charge is -2.24. The van der Waals surface area contributed by atoms with E-state index in [9.17, 15) is 4.79 Å². The lowest BCUT2D eigenvalue weighted by atomic mass is 9.90. The zero-order chi connectivity index (χ0) is 39.7. The molecule has 1 aliphatic rings. The van der Waals surface area contributed by atoms with Crippen molar-refractivity contribution in [1.29, 1.82) is 0 Å². The van der Waals surface area contributed by atoms with E-state index in [4.69, 9.17) is 40.9 Å². The van der Waals surface area contributed by atoms with E-state index in [1.807, 2.05) is 69.3 Å². The highest BCUT2D eigenvalue weighted by molar-refractivity contribution is 5.85. The summed E-state index contributed by atoms with van der Waals surface area (Å²) in [6, 6.07) is 15.8. The van der Waals surface area contributed by atoms with Crippen LogP contribution in [0.1, 0.15) is 119 Å². The molecule has 4 aromatic carbocycles. The predicted octanol–water partition coefficient (Wildman–Crippen LogP) is 9.61. The average molecular weight is 753 g/mol. The zero-order valence-electron chi connectivity index (χ0n) is 33.8. The number of hydrogen-bond donors (Lipinski definition) is 4. The Hall–Kier alpha value is -5.25. The normalized spacial score (nSPS) is 12.5. The van der Waals surface area contributed by atoms with Crippen LogP contribution in [0.25, 0.3) is 0 Å². The van der Waals surface area contributed by atoms with Gasteiger partial charge in [0.25, 0.3) is 0 Å². The quantitative estimate of drug-likeness (QED) is 0.0861.